The molecule has 1 aromatic carbocycles. The Morgan fingerprint density at radius 2 is 2.22 bits per heavy atom. The minimum atomic E-state index is 0.255. The lowest BCUT2D eigenvalue weighted by Crippen LogP contribution is -2.14. The molecule has 0 aliphatic heterocycles. The van der Waals surface area contributed by atoms with Crippen molar-refractivity contribution in [2.75, 3.05) is 20.8 Å². The molecule has 0 amide bonds. The van der Waals surface area contributed by atoms with Crippen molar-refractivity contribution in [3.63, 3.8) is 0 Å². The van der Waals surface area contributed by atoms with Crippen molar-refractivity contribution in [1.82, 2.24) is 5.32 Å². The molecular weight excluding hydrogens is 226 g/mol. The predicted molar refractivity (Wildman–Crippen MR) is 75.4 cm³/mol. The summed E-state index contributed by atoms with van der Waals surface area (Å²) in [7, 11) is 3.61. The topological polar surface area (TPSA) is 30.5 Å². The summed E-state index contributed by atoms with van der Waals surface area (Å²) in [5.74, 6) is 1.71. The summed E-state index contributed by atoms with van der Waals surface area (Å²) >= 11 is 0. The Balaban J connectivity index is 2.79. The highest BCUT2D eigenvalue weighted by Gasteiger charge is 2.11. The largest absolute Gasteiger partial charge is 0.497 e. The molecule has 0 radical (unpaired) electrons. The van der Waals surface area contributed by atoms with E-state index in [2.05, 4.69) is 18.8 Å². The van der Waals surface area contributed by atoms with Crippen LogP contribution in [-0.2, 0) is 0 Å². The van der Waals surface area contributed by atoms with Gasteiger partial charge in [-0.2, -0.15) is 0 Å². The van der Waals surface area contributed by atoms with Gasteiger partial charge in [-0.05, 0) is 32.9 Å². The summed E-state index contributed by atoms with van der Waals surface area (Å²) in [6, 6.07) is 6.20. The zero-order valence-electron chi connectivity index (χ0n) is 11.5. The molecule has 3 heteroatoms. The molecule has 0 spiro atoms. The van der Waals surface area contributed by atoms with Crippen LogP contribution in [0.15, 0.2) is 30.9 Å². The number of unbranched alkanes of at least 4 members (excludes halogenated alkanes) is 1. The van der Waals surface area contributed by atoms with Gasteiger partial charge in [-0.3, -0.25) is 0 Å². The third kappa shape index (κ3) is 4.08. The number of hydrogen-bond acceptors (Lipinski definition) is 3. The van der Waals surface area contributed by atoms with Crippen LogP contribution < -0.4 is 14.8 Å². The maximum Gasteiger partial charge on any atom is 0.127 e. The number of hydrogen-bond donors (Lipinski definition) is 1. The van der Waals surface area contributed by atoms with Crippen LogP contribution >= 0.6 is 0 Å². The Labute approximate surface area is 110 Å². The van der Waals surface area contributed by atoms with Crippen molar-refractivity contribution in [3.8, 4) is 11.5 Å². The van der Waals surface area contributed by atoms with E-state index in [1.54, 1.807) is 7.11 Å². The van der Waals surface area contributed by atoms with Crippen LogP contribution in [0, 0.1) is 0 Å². The van der Waals surface area contributed by atoms with E-state index in [1.807, 2.05) is 31.3 Å². The first-order chi connectivity index (χ1) is 8.72. The van der Waals surface area contributed by atoms with E-state index in [4.69, 9.17) is 9.47 Å². The van der Waals surface area contributed by atoms with Crippen molar-refractivity contribution >= 4 is 0 Å². The normalized spacial score (nSPS) is 11.9. The van der Waals surface area contributed by atoms with Gasteiger partial charge in [0.1, 0.15) is 11.5 Å². The van der Waals surface area contributed by atoms with E-state index in [0.717, 1.165) is 29.9 Å². The molecule has 1 N–H and O–H groups in total. The highest BCUT2D eigenvalue weighted by Crippen LogP contribution is 2.29. The lowest BCUT2D eigenvalue weighted by atomic mass is 10.1. The van der Waals surface area contributed by atoms with Gasteiger partial charge in [0.2, 0.25) is 0 Å². The molecule has 1 aromatic rings. The number of benzene rings is 1. The molecule has 0 saturated carbocycles. The van der Waals surface area contributed by atoms with E-state index < -0.39 is 0 Å². The van der Waals surface area contributed by atoms with Crippen molar-refractivity contribution in [2.45, 2.75) is 25.8 Å². The summed E-state index contributed by atoms with van der Waals surface area (Å²) in [5, 5.41) is 3.22. The second kappa shape index (κ2) is 7.77. The second-order valence-electron chi connectivity index (χ2n) is 4.19. The van der Waals surface area contributed by atoms with E-state index in [1.165, 1.54) is 0 Å². The lowest BCUT2D eigenvalue weighted by molar-refractivity contribution is 0.304. The highest BCUT2D eigenvalue weighted by molar-refractivity contribution is 5.42. The van der Waals surface area contributed by atoms with E-state index >= 15 is 0 Å². The van der Waals surface area contributed by atoms with Crippen molar-refractivity contribution in [1.29, 1.82) is 0 Å². The maximum absolute atomic E-state index is 5.84. The summed E-state index contributed by atoms with van der Waals surface area (Å²) in [6.07, 6.45) is 3.86. The highest BCUT2D eigenvalue weighted by atomic mass is 16.5. The number of nitrogens with one attached hydrogen (secondary N) is 1. The van der Waals surface area contributed by atoms with Gasteiger partial charge in [-0.25, -0.2) is 0 Å². The third-order valence-corrected chi connectivity index (χ3v) is 2.93. The molecule has 0 fully saturated rings. The van der Waals surface area contributed by atoms with Crippen molar-refractivity contribution in [3.05, 3.63) is 36.4 Å². The van der Waals surface area contributed by atoms with Crippen molar-refractivity contribution < 1.29 is 9.47 Å². The Kier molecular flexibility index (Phi) is 6.29. The monoisotopic (exact) mass is 249 g/mol. The summed E-state index contributed by atoms with van der Waals surface area (Å²) in [5.41, 5.74) is 1.15. The quantitative estimate of drug-likeness (QED) is 0.566. The zero-order valence-corrected chi connectivity index (χ0v) is 11.5. The first-order valence-electron chi connectivity index (χ1n) is 6.31. The van der Waals surface area contributed by atoms with Gasteiger partial charge in [0.25, 0.3) is 0 Å². The maximum atomic E-state index is 5.84. The molecule has 1 atom stereocenters. The molecule has 1 unspecified atom stereocenters. The Hall–Kier alpha value is -1.48. The second-order valence-corrected chi connectivity index (χ2v) is 4.19. The molecule has 100 valence electrons. The Morgan fingerprint density at radius 3 is 2.83 bits per heavy atom. The minimum absolute atomic E-state index is 0.255. The van der Waals surface area contributed by atoms with E-state index in [9.17, 15) is 0 Å². The third-order valence-electron chi connectivity index (χ3n) is 2.93. The van der Waals surface area contributed by atoms with Crippen molar-refractivity contribution in [2.24, 2.45) is 0 Å². The van der Waals surface area contributed by atoms with Gasteiger partial charge in [-0.15, -0.1) is 6.58 Å². The standard InChI is InChI=1S/C15H23NO2/c1-5-6-7-10-18-15-11-13(17-4)8-9-14(15)12(2)16-3/h5,8-9,11-12,16H,1,6-7,10H2,2-4H3. The minimum Gasteiger partial charge on any atom is -0.497 e. The van der Waals surface area contributed by atoms with Crippen LogP contribution in [-0.4, -0.2) is 20.8 Å². The Bertz CT molecular complexity index is 377. The molecule has 0 aliphatic rings. The molecule has 18 heavy (non-hydrogen) atoms. The summed E-state index contributed by atoms with van der Waals surface area (Å²) < 4.78 is 11.1. The van der Waals surface area contributed by atoms with E-state index in [-0.39, 0.29) is 6.04 Å². The predicted octanol–water partition coefficient (Wildman–Crippen LogP) is 3.32. The lowest BCUT2D eigenvalue weighted by Gasteiger charge is -2.17. The fraction of sp³-hybridized carbons (Fsp3) is 0.467. The van der Waals surface area contributed by atoms with Crippen LogP contribution in [0.2, 0.25) is 0 Å². The van der Waals surface area contributed by atoms with Crippen LogP contribution in [0.4, 0.5) is 0 Å². The first kappa shape index (κ1) is 14.6. The summed E-state index contributed by atoms with van der Waals surface area (Å²) in [4.78, 5) is 0. The van der Waals surface area contributed by atoms with Crippen LogP contribution in [0.25, 0.3) is 0 Å². The SMILES string of the molecule is C=CCCCOc1cc(OC)ccc1C(C)NC. The number of ether oxygens (including phenoxy) is 2. The number of allylic oxidation sites excluding steroid dienone is 1. The van der Waals surface area contributed by atoms with Crippen LogP contribution in [0.1, 0.15) is 31.4 Å². The molecule has 3 nitrogen and oxygen atoms in total. The Morgan fingerprint density at radius 1 is 1.44 bits per heavy atom. The molecule has 0 aromatic heterocycles. The first-order valence-corrected chi connectivity index (χ1v) is 6.31. The fourth-order valence-corrected chi connectivity index (χ4v) is 1.69. The molecule has 0 bridgehead atoms. The van der Waals surface area contributed by atoms with Gasteiger partial charge < -0.3 is 14.8 Å². The summed E-state index contributed by atoms with van der Waals surface area (Å²) in [6.45, 7) is 6.51. The van der Waals surface area contributed by atoms with Gasteiger partial charge in [0, 0.05) is 17.7 Å². The van der Waals surface area contributed by atoms with Gasteiger partial charge >= 0.3 is 0 Å². The smallest absolute Gasteiger partial charge is 0.127 e. The van der Waals surface area contributed by atoms with Gasteiger partial charge in [0.15, 0.2) is 0 Å². The molecule has 0 aliphatic carbocycles. The average molecular weight is 249 g/mol. The van der Waals surface area contributed by atoms with Gasteiger partial charge in [0.05, 0.1) is 13.7 Å². The molecular formula is C15H23NO2. The average Bonchev–Trinajstić information content (AvgIpc) is 2.42. The zero-order chi connectivity index (χ0) is 13.4. The molecule has 0 saturated heterocycles. The molecule has 0 heterocycles. The van der Waals surface area contributed by atoms with Gasteiger partial charge in [-0.1, -0.05) is 12.1 Å². The fourth-order valence-electron chi connectivity index (χ4n) is 1.69. The number of methoxy groups -OCH3 is 1. The number of rotatable bonds is 8. The molecule has 1 rings (SSSR count). The van der Waals surface area contributed by atoms with Crippen LogP contribution in [0.3, 0.4) is 0 Å². The van der Waals surface area contributed by atoms with Crippen LogP contribution in [0.5, 0.6) is 11.5 Å². The van der Waals surface area contributed by atoms with E-state index in [0.29, 0.717) is 6.61 Å².